The topological polar surface area (TPSA) is 80.1 Å². The number of rotatable bonds is 2. The van der Waals surface area contributed by atoms with Crippen LogP contribution in [-0.2, 0) is 11.3 Å². The monoisotopic (exact) mass is 233 g/mol. The Labute approximate surface area is 96.8 Å². The smallest absolute Gasteiger partial charge is 0.352 e. The Bertz CT molecular complexity index is 544. The molecule has 0 bridgehead atoms. The number of ether oxygens (including phenoxy) is 1. The first kappa shape index (κ1) is 10.1. The third kappa shape index (κ3) is 1.53. The minimum Gasteiger partial charge on any atom is -0.477 e. The Kier molecular flexibility index (Phi) is 2.22. The Morgan fingerprint density at radius 1 is 1.53 bits per heavy atom. The Hall–Kier alpha value is -2.08. The van der Waals surface area contributed by atoms with E-state index in [-0.39, 0.29) is 6.10 Å². The number of nitrogens with zero attached hydrogens (tertiary/aromatic N) is 2. The molecule has 2 aromatic heterocycles. The van der Waals surface area contributed by atoms with E-state index in [1.807, 2.05) is 6.07 Å². The van der Waals surface area contributed by atoms with Gasteiger partial charge in [-0.25, -0.2) is 4.79 Å². The van der Waals surface area contributed by atoms with E-state index < -0.39 is 5.97 Å². The van der Waals surface area contributed by atoms with Gasteiger partial charge in [-0.3, -0.25) is 5.10 Å². The second-order valence-corrected chi connectivity index (χ2v) is 3.86. The summed E-state index contributed by atoms with van der Waals surface area (Å²) in [5.41, 5.74) is 1.98. The number of hydrogen-bond donors (Lipinski definition) is 2. The molecule has 2 aromatic rings. The maximum Gasteiger partial charge on any atom is 0.352 e. The van der Waals surface area contributed by atoms with E-state index in [1.54, 1.807) is 22.9 Å². The number of carboxylic acids is 1. The lowest BCUT2D eigenvalue weighted by atomic mass is 10.1. The first-order valence-corrected chi connectivity index (χ1v) is 5.31. The highest BCUT2D eigenvalue weighted by Gasteiger charge is 2.27. The molecule has 6 heteroatoms. The molecular formula is C11H11N3O3. The van der Waals surface area contributed by atoms with Crippen LogP contribution in [0, 0.1) is 0 Å². The van der Waals surface area contributed by atoms with Crippen LogP contribution in [0.15, 0.2) is 24.4 Å². The molecule has 88 valence electrons. The van der Waals surface area contributed by atoms with Crippen molar-refractivity contribution in [2.45, 2.75) is 12.6 Å². The van der Waals surface area contributed by atoms with E-state index in [9.17, 15) is 4.79 Å². The summed E-state index contributed by atoms with van der Waals surface area (Å²) in [6.45, 7) is 1.06. The molecule has 0 saturated heterocycles. The number of carbonyl (C=O) groups is 1. The van der Waals surface area contributed by atoms with Gasteiger partial charge in [-0.2, -0.15) is 5.10 Å². The van der Waals surface area contributed by atoms with Crippen LogP contribution in [0.25, 0.3) is 0 Å². The van der Waals surface area contributed by atoms with E-state index in [0.29, 0.717) is 18.8 Å². The molecule has 17 heavy (non-hydrogen) atoms. The fraction of sp³-hybridized carbons (Fsp3) is 0.273. The van der Waals surface area contributed by atoms with Gasteiger partial charge in [0.1, 0.15) is 11.8 Å². The average molecular weight is 233 g/mol. The van der Waals surface area contributed by atoms with Gasteiger partial charge in [-0.1, -0.05) is 0 Å². The molecule has 0 aromatic carbocycles. The van der Waals surface area contributed by atoms with Gasteiger partial charge in [0.2, 0.25) is 0 Å². The highest BCUT2D eigenvalue weighted by molar-refractivity contribution is 5.86. The molecule has 0 saturated carbocycles. The zero-order valence-electron chi connectivity index (χ0n) is 8.96. The number of aromatic nitrogens is 3. The highest BCUT2D eigenvalue weighted by atomic mass is 16.5. The van der Waals surface area contributed by atoms with Crippen LogP contribution in [0.1, 0.15) is 28.0 Å². The lowest BCUT2D eigenvalue weighted by Crippen LogP contribution is -2.24. The number of aromatic amines is 1. The predicted molar refractivity (Wildman–Crippen MR) is 57.8 cm³/mol. The number of aromatic carboxylic acids is 1. The van der Waals surface area contributed by atoms with Gasteiger partial charge >= 0.3 is 5.97 Å². The molecular weight excluding hydrogens is 222 g/mol. The first-order chi connectivity index (χ1) is 8.27. The van der Waals surface area contributed by atoms with Crippen LogP contribution in [0.4, 0.5) is 0 Å². The minimum atomic E-state index is -0.915. The summed E-state index contributed by atoms with van der Waals surface area (Å²) in [5.74, 6) is -0.915. The first-order valence-electron chi connectivity index (χ1n) is 5.31. The van der Waals surface area contributed by atoms with E-state index in [2.05, 4.69) is 10.2 Å². The number of hydrogen-bond acceptors (Lipinski definition) is 3. The third-order valence-corrected chi connectivity index (χ3v) is 2.91. The molecule has 1 aliphatic rings. The zero-order chi connectivity index (χ0) is 11.8. The molecule has 0 fully saturated rings. The van der Waals surface area contributed by atoms with E-state index in [4.69, 9.17) is 9.84 Å². The van der Waals surface area contributed by atoms with E-state index in [0.717, 1.165) is 11.4 Å². The molecule has 0 radical (unpaired) electrons. The van der Waals surface area contributed by atoms with Crippen molar-refractivity contribution in [2.24, 2.45) is 0 Å². The van der Waals surface area contributed by atoms with Crippen LogP contribution in [0.5, 0.6) is 0 Å². The summed E-state index contributed by atoms with van der Waals surface area (Å²) in [5, 5.41) is 15.8. The molecule has 0 aliphatic carbocycles. The SMILES string of the molecule is O=C(O)c1ccc2n1CCOC2c1ccn[nH]1. The van der Waals surface area contributed by atoms with Gasteiger partial charge in [0, 0.05) is 12.7 Å². The van der Waals surface area contributed by atoms with Gasteiger partial charge in [-0.05, 0) is 18.2 Å². The molecule has 1 atom stereocenters. The van der Waals surface area contributed by atoms with Crippen LogP contribution in [0.3, 0.4) is 0 Å². The molecule has 3 heterocycles. The molecule has 0 amide bonds. The fourth-order valence-corrected chi connectivity index (χ4v) is 2.16. The molecule has 2 N–H and O–H groups in total. The van der Waals surface area contributed by atoms with Crippen molar-refractivity contribution in [3.8, 4) is 0 Å². The maximum absolute atomic E-state index is 11.0. The van der Waals surface area contributed by atoms with Gasteiger partial charge in [-0.15, -0.1) is 0 Å². The van der Waals surface area contributed by atoms with Crippen LogP contribution < -0.4 is 0 Å². The summed E-state index contributed by atoms with van der Waals surface area (Å²) in [6, 6.07) is 5.22. The summed E-state index contributed by atoms with van der Waals surface area (Å²) in [6.07, 6.45) is 1.39. The van der Waals surface area contributed by atoms with E-state index in [1.165, 1.54) is 0 Å². The molecule has 1 aliphatic heterocycles. The number of carboxylic acid groups (broad SMARTS) is 1. The quantitative estimate of drug-likeness (QED) is 0.811. The lowest BCUT2D eigenvalue weighted by molar-refractivity contribution is 0.0411. The predicted octanol–water partition coefficient (Wildman–Crippen LogP) is 1.03. The third-order valence-electron chi connectivity index (χ3n) is 2.91. The van der Waals surface area contributed by atoms with Crippen molar-refractivity contribution in [3.05, 3.63) is 41.5 Å². The van der Waals surface area contributed by atoms with Crippen molar-refractivity contribution in [2.75, 3.05) is 6.61 Å². The van der Waals surface area contributed by atoms with Crippen molar-refractivity contribution < 1.29 is 14.6 Å². The normalized spacial score (nSPS) is 18.9. The molecule has 0 spiro atoms. The summed E-state index contributed by atoms with van der Waals surface area (Å²) < 4.78 is 7.43. The maximum atomic E-state index is 11.0. The lowest BCUT2D eigenvalue weighted by Gasteiger charge is -2.25. The summed E-state index contributed by atoms with van der Waals surface area (Å²) >= 11 is 0. The van der Waals surface area contributed by atoms with Crippen LogP contribution >= 0.6 is 0 Å². The number of H-pyrrole nitrogens is 1. The van der Waals surface area contributed by atoms with Crippen molar-refractivity contribution in [1.82, 2.24) is 14.8 Å². The highest BCUT2D eigenvalue weighted by Crippen LogP contribution is 2.29. The van der Waals surface area contributed by atoms with Gasteiger partial charge in [0.15, 0.2) is 0 Å². The van der Waals surface area contributed by atoms with Gasteiger partial charge in [0.05, 0.1) is 18.0 Å². The van der Waals surface area contributed by atoms with Gasteiger partial charge < -0.3 is 14.4 Å². The van der Waals surface area contributed by atoms with Crippen LogP contribution in [-0.4, -0.2) is 32.4 Å². The average Bonchev–Trinajstić information content (AvgIpc) is 2.97. The fourth-order valence-electron chi connectivity index (χ4n) is 2.16. The largest absolute Gasteiger partial charge is 0.477 e. The molecule has 6 nitrogen and oxygen atoms in total. The zero-order valence-corrected chi connectivity index (χ0v) is 8.96. The summed E-state index contributed by atoms with van der Waals surface area (Å²) in [7, 11) is 0. The number of fused-ring (bicyclic) bond motifs is 1. The Morgan fingerprint density at radius 2 is 2.41 bits per heavy atom. The summed E-state index contributed by atoms with van der Waals surface area (Å²) in [4.78, 5) is 11.0. The van der Waals surface area contributed by atoms with Crippen molar-refractivity contribution in [3.63, 3.8) is 0 Å². The Morgan fingerprint density at radius 3 is 3.12 bits per heavy atom. The molecule has 3 rings (SSSR count). The second kappa shape index (κ2) is 3.74. The standard InChI is InChI=1S/C11H11N3O3/c15-11(16)9-2-1-8-10(7-3-4-12-13-7)17-6-5-14(8)9/h1-4,10H,5-6H2,(H,12,13)(H,15,16). The second-order valence-electron chi connectivity index (χ2n) is 3.86. The van der Waals surface area contributed by atoms with Gasteiger partial charge in [0.25, 0.3) is 0 Å². The minimum absolute atomic E-state index is 0.264. The molecule has 1 unspecified atom stereocenters. The van der Waals surface area contributed by atoms with Crippen molar-refractivity contribution in [1.29, 1.82) is 0 Å². The van der Waals surface area contributed by atoms with E-state index >= 15 is 0 Å². The Balaban J connectivity index is 2.06. The number of nitrogens with one attached hydrogen (secondary N) is 1. The van der Waals surface area contributed by atoms with Crippen molar-refractivity contribution >= 4 is 5.97 Å². The van der Waals surface area contributed by atoms with Crippen LogP contribution in [0.2, 0.25) is 0 Å².